The SMILES string of the molecule is CCN(C)S(=O)(=O)c1c(C)cc(F)cc1C. The minimum Gasteiger partial charge on any atom is -0.207 e. The largest absolute Gasteiger partial charge is 0.243 e. The molecule has 16 heavy (non-hydrogen) atoms. The zero-order chi connectivity index (χ0) is 12.5. The highest BCUT2D eigenvalue weighted by molar-refractivity contribution is 7.89. The molecular weight excluding hydrogens is 229 g/mol. The van der Waals surface area contributed by atoms with Gasteiger partial charge < -0.3 is 0 Å². The van der Waals surface area contributed by atoms with Gasteiger partial charge in [-0.3, -0.25) is 0 Å². The summed E-state index contributed by atoms with van der Waals surface area (Å²) in [6.45, 7) is 5.35. The van der Waals surface area contributed by atoms with E-state index in [0.717, 1.165) is 0 Å². The summed E-state index contributed by atoms with van der Waals surface area (Å²) in [6, 6.07) is 2.48. The van der Waals surface area contributed by atoms with Crippen LogP contribution in [0.4, 0.5) is 4.39 Å². The molecular formula is C11H16FNO2S. The summed E-state index contributed by atoms with van der Waals surface area (Å²) in [7, 11) is -1.99. The topological polar surface area (TPSA) is 37.4 Å². The number of halogens is 1. The molecule has 90 valence electrons. The van der Waals surface area contributed by atoms with E-state index in [0.29, 0.717) is 17.7 Å². The predicted octanol–water partition coefficient (Wildman–Crippen LogP) is 2.08. The molecule has 5 heteroatoms. The van der Waals surface area contributed by atoms with Crippen LogP contribution >= 0.6 is 0 Å². The molecule has 1 aromatic carbocycles. The molecule has 0 amide bonds. The van der Waals surface area contributed by atoms with Crippen LogP contribution in [-0.4, -0.2) is 26.3 Å². The molecule has 1 rings (SSSR count). The third-order valence-corrected chi connectivity index (χ3v) is 4.78. The highest BCUT2D eigenvalue weighted by Crippen LogP contribution is 2.23. The first kappa shape index (κ1) is 13.1. The third kappa shape index (κ3) is 2.25. The number of nitrogens with zero attached hydrogens (tertiary/aromatic N) is 1. The zero-order valence-electron chi connectivity index (χ0n) is 9.91. The summed E-state index contributed by atoms with van der Waals surface area (Å²) in [5.74, 6) is -0.409. The molecule has 0 aromatic heterocycles. The molecule has 0 N–H and O–H groups in total. The maximum Gasteiger partial charge on any atom is 0.243 e. The van der Waals surface area contributed by atoms with Crippen molar-refractivity contribution >= 4 is 10.0 Å². The van der Waals surface area contributed by atoms with Gasteiger partial charge >= 0.3 is 0 Å². The van der Waals surface area contributed by atoms with Crippen LogP contribution in [0.5, 0.6) is 0 Å². The van der Waals surface area contributed by atoms with Gasteiger partial charge in [-0.05, 0) is 37.1 Å². The number of hydrogen-bond donors (Lipinski definition) is 0. The Hall–Kier alpha value is -0.940. The number of sulfonamides is 1. The summed E-state index contributed by atoms with van der Waals surface area (Å²) >= 11 is 0. The van der Waals surface area contributed by atoms with Gasteiger partial charge in [0.1, 0.15) is 5.82 Å². The van der Waals surface area contributed by atoms with Crippen LogP contribution in [0.25, 0.3) is 0 Å². The quantitative estimate of drug-likeness (QED) is 0.817. The van der Waals surface area contributed by atoms with Gasteiger partial charge in [-0.25, -0.2) is 17.1 Å². The van der Waals surface area contributed by atoms with E-state index in [1.807, 2.05) is 0 Å². The molecule has 0 unspecified atom stereocenters. The molecule has 0 saturated carbocycles. The first-order chi connectivity index (χ1) is 7.30. The Labute approximate surface area is 95.9 Å². The van der Waals surface area contributed by atoms with E-state index in [4.69, 9.17) is 0 Å². The number of aryl methyl sites for hydroxylation is 2. The van der Waals surface area contributed by atoms with Gasteiger partial charge in [0, 0.05) is 13.6 Å². The molecule has 0 spiro atoms. The third-order valence-electron chi connectivity index (χ3n) is 2.54. The molecule has 0 saturated heterocycles. The van der Waals surface area contributed by atoms with Crippen molar-refractivity contribution < 1.29 is 12.8 Å². The van der Waals surface area contributed by atoms with E-state index < -0.39 is 15.8 Å². The number of hydrogen-bond acceptors (Lipinski definition) is 2. The van der Waals surface area contributed by atoms with Crippen LogP contribution in [-0.2, 0) is 10.0 Å². The summed E-state index contributed by atoms with van der Waals surface area (Å²) < 4.78 is 38.6. The maximum absolute atomic E-state index is 13.1. The van der Waals surface area contributed by atoms with Crippen molar-refractivity contribution in [2.45, 2.75) is 25.7 Å². The van der Waals surface area contributed by atoms with Crippen LogP contribution in [0, 0.1) is 19.7 Å². The number of rotatable bonds is 3. The van der Waals surface area contributed by atoms with E-state index in [1.165, 1.54) is 23.5 Å². The van der Waals surface area contributed by atoms with E-state index in [-0.39, 0.29) is 4.90 Å². The molecule has 0 aliphatic rings. The Kier molecular flexibility index (Phi) is 3.70. The standard InChI is InChI=1S/C11H16FNO2S/c1-5-13(4)16(14,15)11-8(2)6-10(12)7-9(11)3/h6-7H,5H2,1-4H3. The van der Waals surface area contributed by atoms with Gasteiger partial charge in [-0.15, -0.1) is 0 Å². The summed E-state index contributed by atoms with van der Waals surface area (Å²) in [4.78, 5) is 0.207. The van der Waals surface area contributed by atoms with Crippen LogP contribution in [0.3, 0.4) is 0 Å². The molecule has 3 nitrogen and oxygen atoms in total. The normalized spacial score (nSPS) is 12.1. The zero-order valence-corrected chi connectivity index (χ0v) is 10.7. The lowest BCUT2D eigenvalue weighted by atomic mass is 10.1. The van der Waals surface area contributed by atoms with E-state index in [1.54, 1.807) is 20.8 Å². The lowest BCUT2D eigenvalue weighted by Crippen LogP contribution is -2.27. The second-order valence-electron chi connectivity index (χ2n) is 3.79. The van der Waals surface area contributed by atoms with Crippen molar-refractivity contribution in [3.8, 4) is 0 Å². The molecule has 0 aliphatic carbocycles. The summed E-state index contributed by atoms with van der Waals surface area (Å²) in [5, 5.41) is 0. The first-order valence-corrected chi connectivity index (χ1v) is 6.47. The molecule has 0 atom stereocenters. The Balaban J connectivity index is 3.45. The van der Waals surface area contributed by atoms with Crippen LogP contribution in [0.2, 0.25) is 0 Å². The second kappa shape index (κ2) is 4.51. The molecule has 0 aliphatic heterocycles. The van der Waals surface area contributed by atoms with Gasteiger partial charge in [0.15, 0.2) is 0 Å². The second-order valence-corrected chi connectivity index (χ2v) is 5.77. The molecule has 0 radical (unpaired) electrons. The first-order valence-electron chi connectivity index (χ1n) is 5.03. The minimum absolute atomic E-state index is 0.207. The predicted molar refractivity (Wildman–Crippen MR) is 61.4 cm³/mol. The lowest BCUT2D eigenvalue weighted by molar-refractivity contribution is 0.485. The van der Waals surface area contributed by atoms with Crippen molar-refractivity contribution in [2.24, 2.45) is 0 Å². The Morgan fingerprint density at radius 3 is 2.06 bits per heavy atom. The van der Waals surface area contributed by atoms with E-state index in [2.05, 4.69) is 0 Å². The van der Waals surface area contributed by atoms with Crippen LogP contribution in [0.1, 0.15) is 18.1 Å². The van der Waals surface area contributed by atoms with Crippen molar-refractivity contribution in [3.05, 3.63) is 29.1 Å². The van der Waals surface area contributed by atoms with Gasteiger partial charge in [-0.1, -0.05) is 6.92 Å². The van der Waals surface area contributed by atoms with Gasteiger partial charge in [-0.2, -0.15) is 0 Å². The van der Waals surface area contributed by atoms with Crippen molar-refractivity contribution in [3.63, 3.8) is 0 Å². The highest BCUT2D eigenvalue weighted by atomic mass is 32.2. The van der Waals surface area contributed by atoms with Crippen molar-refractivity contribution in [1.29, 1.82) is 0 Å². The lowest BCUT2D eigenvalue weighted by Gasteiger charge is -2.18. The Bertz CT molecular complexity index is 474. The van der Waals surface area contributed by atoms with Gasteiger partial charge in [0.25, 0.3) is 0 Å². The van der Waals surface area contributed by atoms with Crippen LogP contribution < -0.4 is 0 Å². The number of benzene rings is 1. The monoisotopic (exact) mass is 245 g/mol. The van der Waals surface area contributed by atoms with Crippen molar-refractivity contribution in [2.75, 3.05) is 13.6 Å². The highest BCUT2D eigenvalue weighted by Gasteiger charge is 2.23. The minimum atomic E-state index is -3.50. The summed E-state index contributed by atoms with van der Waals surface area (Å²) in [5.41, 5.74) is 0.885. The fraction of sp³-hybridized carbons (Fsp3) is 0.455. The van der Waals surface area contributed by atoms with Crippen molar-refractivity contribution in [1.82, 2.24) is 4.31 Å². The fourth-order valence-electron chi connectivity index (χ4n) is 1.63. The van der Waals surface area contributed by atoms with E-state index in [9.17, 15) is 12.8 Å². The van der Waals surface area contributed by atoms with Gasteiger partial charge in [0.2, 0.25) is 10.0 Å². The molecule has 0 heterocycles. The average molecular weight is 245 g/mol. The molecule has 0 bridgehead atoms. The molecule has 1 aromatic rings. The Morgan fingerprint density at radius 2 is 1.69 bits per heavy atom. The van der Waals surface area contributed by atoms with Gasteiger partial charge in [0.05, 0.1) is 4.90 Å². The van der Waals surface area contributed by atoms with Crippen LogP contribution in [0.15, 0.2) is 17.0 Å². The fourth-order valence-corrected chi connectivity index (χ4v) is 3.21. The Morgan fingerprint density at radius 1 is 1.25 bits per heavy atom. The average Bonchev–Trinajstić information content (AvgIpc) is 2.14. The summed E-state index contributed by atoms with van der Waals surface area (Å²) in [6.07, 6.45) is 0. The maximum atomic E-state index is 13.1. The smallest absolute Gasteiger partial charge is 0.207 e. The molecule has 0 fully saturated rings. The van der Waals surface area contributed by atoms with E-state index >= 15 is 0 Å².